The molecule has 0 atom stereocenters. The van der Waals surface area contributed by atoms with E-state index in [1.54, 1.807) is 6.07 Å². The van der Waals surface area contributed by atoms with E-state index in [9.17, 15) is 22.0 Å². The molecule has 3 rings (SSSR count). The molecule has 1 aliphatic carbocycles. The Hall–Kier alpha value is -2.03. The van der Waals surface area contributed by atoms with E-state index in [4.69, 9.17) is 11.6 Å². The Kier molecular flexibility index (Phi) is 6.32. The van der Waals surface area contributed by atoms with E-state index >= 15 is 0 Å². The highest BCUT2D eigenvalue weighted by Crippen LogP contribution is 2.28. The predicted molar refractivity (Wildman–Crippen MR) is 103 cm³/mol. The molecule has 0 aliphatic heterocycles. The molecular formula is C19H19ClF2N2O3S. The maximum absolute atomic E-state index is 14.4. The van der Waals surface area contributed by atoms with Crippen LogP contribution in [0.1, 0.15) is 42.5 Å². The molecule has 28 heavy (non-hydrogen) atoms. The van der Waals surface area contributed by atoms with Gasteiger partial charge in [-0.25, -0.2) is 17.2 Å². The highest BCUT2D eigenvalue weighted by atomic mass is 35.5. The molecule has 1 saturated carbocycles. The minimum Gasteiger partial charge on any atom is -0.274 e. The molecule has 9 heteroatoms. The molecule has 0 saturated heterocycles. The quantitative estimate of drug-likeness (QED) is 0.701. The molecule has 0 aromatic heterocycles. The van der Waals surface area contributed by atoms with Crippen molar-refractivity contribution in [3.63, 3.8) is 0 Å². The maximum Gasteiger partial charge on any atom is 0.269 e. The van der Waals surface area contributed by atoms with E-state index in [1.807, 2.05) is 10.3 Å². The van der Waals surface area contributed by atoms with Crippen molar-refractivity contribution < 1.29 is 22.0 Å². The number of halogens is 3. The topological polar surface area (TPSA) is 75.3 Å². The van der Waals surface area contributed by atoms with Gasteiger partial charge in [0, 0.05) is 0 Å². The second kappa shape index (κ2) is 8.55. The van der Waals surface area contributed by atoms with Crippen LogP contribution in [-0.2, 0) is 10.0 Å². The summed E-state index contributed by atoms with van der Waals surface area (Å²) < 4.78 is 52.4. The van der Waals surface area contributed by atoms with Gasteiger partial charge in [-0.1, -0.05) is 43.0 Å². The highest BCUT2D eigenvalue weighted by Gasteiger charge is 2.28. The summed E-state index contributed by atoms with van der Waals surface area (Å²) in [6.07, 6.45) is 3.62. The summed E-state index contributed by atoms with van der Waals surface area (Å²) in [5.74, 6) is -2.47. The Labute approximate surface area is 167 Å². The van der Waals surface area contributed by atoms with Gasteiger partial charge in [0.1, 0.15) is 5.82 Å². The molecule has 2 N–H and O–H groups in total. The van der Waals surface area contributed by atoms with Gasteiger partial charge < -0.3 is 0 Å². The summed E-state index contributed by atoms with van der Waals surface area (Å²) in [5, 5.41) is -0.921. The molecule has 150 valence electrons. The Morgan fingerprint density at radius 3 is 2.43 bits per heavy atom. The summed E-state index contributed by atoms with van der Waals surface area (Å²) in [6, 6.07) is 7.99. The van der Waals surface area contributed by atoms with Gasteiger partial charge in [-0.3, -0.25) is 10.2 Å². The molecule has 0 spiro atoms. The van der Waals surface area contributed by atoms with E-state index in [0.717, 1.165) is 19.3 Å². The second-order valence-electron chi connectivity index (χ2n) is 6.69. The first-order valence-corrected chi connectivity index (χ1v) is 10.8. The molecular weight excluding hydrogens is 410 g/mol. The zero-order chi connectivity index (χ0) is 20.3. The first-order chi connectivity index (χ1) is 13.3. The van der Waals surface area contributed by atoms with Gasteiger partial charge in [0.15, 0.2) is 5.82 Å². The zero-order valence-electron chi connectivity index (χ0n) is 14.8. The van der Waals surface area contributed by atoms with Crippen molar-refractivity contribution in [2.45, 2.75) is 37.4 Å². The van der Waals surface area contributed by atoms with Crippen molar-refractivity contribution in [3.8, 4) is 11.1 Å². The molecule has 1 aliphatic rings. The van der Waals surface area contributed by atoms with Crippen LogP contribution in [0.25, 0.3) is 11.1 Å². The van der Waals surface area contributed by atoms with Gasteiger partial charge in [-0.15, -0.1) is 4.83 Å². The van der Waals surface area contributed by atoms with Crippen molar-refractivity contribution in [2.24, 2.45) is 0 Å². The normalized spacial score (nSPS) is 15.4. The van der Waals surface area contributed by atoms with E-state index < -0.39 is 38.4 Å². The summed E-state index contributed by atoms with van der Waals surface area (Å²) in [7, 11) is -3.76. The molecule has 0 unspecified atom stereocenters. The monoisotopic (exact) mass is 428 g/mol. The van der Waals surface area contributed by atoms with E-state index in [1.165, 1.54) is 30.3 Å². The van der Waals surface area contributed by atoms with Crippen molar-refractivity contribution >= 4 is 27.5 Å². The van der Waals surface area contributed by atoms with Crippen LogP contribution in [0.15, 0.2) is 36.4 Å². The summed E-state index contributed by atoms with van der Waals surface area (Å²) in [4.78, 5) is 14.4. The number of carbonyl (C=O) groups excluding carboxylic acids is 1. The predicted octanol–water partition coefficient (Wildman–Crippen LogP) is 4.18. The highest BCUT2D eigenvalue weighted by molar-refractivity contribution is 7.90. The molecule has 0 radical (unpaired) electrons. The van der Waals surface area contributed by atoms with Gasteiger partial charge in [0.05, 0.1) is 15.8 Å². The third-order valence-corrected chi connectivity index (χ3v) is 6.74. The molecule has 0 bridgehead atoms. The fourth-order valence-corrected chi connectivity index (χ4v) is 4.81. The van der Waals surface area contributed by atoms with Crippen LogP contribution in [-0.4, -0.2) is 19.6 Å². The van der Waals surface area contributed by atoms with E-state index in [-0.39, 0.29) is 5.02 Å². The summed E-state index contributed by atoms with van der Waals surface area (Å²) in [6.45, 7) is 0. The number of benzene rings is 2. The minimum absolute atomic E-state index is 0.325. The van der Waals surface area contributed by atoms with Crippen LogP contribution in [0, 0.1) is 11.6 Å². The molecule has 1 amide bonds. The third-order valence-electron chi connectivity index (χ3n) is 4.73. The molecule has 2 aromatic rings. The van der Waals surface area contributed by atoms with Crippen LogP contribution in [0.5, 0.6) is 0 Å². The molecule has 2 aromatic carbocycles. The Balaban J connectivity index is 1.81. The lowest BCUT2D eigenvalue weighted by Crippen LogP contribution is -2.46. The van der Waals surface area contributed by atoms with Crippen molar-refractivity contribution in [1.82, 2.24) is 10.3 Å². The standard InChI is InChI=1S/C19H19ClF2N2O3S/c20-17-11-13(12-5-4-6-14(21)9-12)10-16(18(17)22)19(25)23-24-28(26,27)15-7-2-1-3-8-15/h4-6,9-11,15,24H,1-3,7-8H2,(H,23,25). The lowest BCUT2D eigenvalue weighted by molar-refractivity contribution is 0.0941. The fraction of sp³-hybridized carbons (Fsp3) is 0.316. The Bertz CT molecular complexity index is 993. The van der Waals surface area contributed by atoms with E-state index in [2.05, 4.69) is 0 Å². The lowest BCUT2D eigenvalue weighted by Gasteiger charge is -2.22. The van der Waals surface area contributed by atoms with Crippen LogP contribution in [0.4, 0.5) is 8.78 Å². The van der Waals surface area contributed by atoms with Gasteiger partial charge in [-0.2, -0.15) is 0 Å². The Morgan fingerprint density at radius 2 is 1.75 bits per heavy atom. The fourth-order valence-electron chi connectivity index (χ4n) is 3.23. The summed E-state index contributed by atoms with van der Waals surface area (Å²) in [5.41, 5.74) is 2.33. The molecule has 0 heterocycles. The average molecular weight is 429 g/mol. The van der Waals surface area contributed by atoms with Crippen molar-refractivity contribution in [1.29, 1.82) is 0 Å². The molecule has 5 nitrogen and oxygen atoms in total. The number of hydrazine groups is 1. The number of rotatable bonds is 5. The smallest absolute Gasteiger partial charge is 0.269 e. The maximum atomic E-state index is 14.4. The number of hydrogen-bond donors (Lipinski definition) is 2. The average Bonchev–Trinajstić information content (AvgIpc) is 2.69. The van der Waals surface area contributed by atoms with Crippen molar-refractivity contribution in [3.05, 3.63) is 58.6 Å². The van der Waals surface area contributed by atoms with Crippen LogP contribution >= 0.6 is 11.6 Å². The lowest BCUT2D eigenvalue weighted by atomic mass is 10.0. The van der Waals surface area contributed by atoms with Crippen LogP contribution in [0.2, 0.25) is 5.02 Å². The number of hydrogen-bond acceptors (Lipinski definition) is 3. The zero-order valence-corrected chi connectivity index (χ0v) is 16.4. The number of nitrogens with one attached hydrogen (secondary N) is 2. The summed E-state index contributed by atoms with van der Waals surface area (Å²) >= 11 is 5.88. The molecule has 1 fully saturated rings. The van der Waals surface area contributed by atoms with Crippen LogP contribution < -0.4 is 10.3 Å². The van der Waals surface area contributed by atoms with Gasteiger partial charge in [0.2, 0.25) is 10.0 Å². The van der Waals surface area contributed by atoms with Gasteiger partial charge >= 0.3 is 0 Å². The number of carbonyl (C=O) groups is 1. The van der Waals surface area contributed by atoms with Crippen molar-refractivity contribution in [2.75, 3.05) is 0 Å². The van der Waals surface area contributed by atoms with Gasteiger partial charge in [-0.05, 0) is 48.2 Å². The second-order valence-corrected chi connectivity index (χ2v) is 9.06. The minimum atomic E-state index is -3.76. The van der Waals surface area contributed by atoms with Crippen LogP contribution in [0.3, 0.4) is 0 Å². The first kappa shape index (κ1) is 20.7. The number of amides is 1. The van der Waals surface area contributed by atoms with E-state index in [0.29, 0.717) is 24.0 Å². The largest absolute Gasteiger partial charge is 0.274 e. The van der Waals surface area contributed by atoms with Gasteiger partial charge in [0.25, 0.3) is 5.91 Å². The first-order valence-electron chi connectivity index (χ1n) is 8.84. The third kappa shape index (κ3) is 4.68. The Morgan fingerprint density at radius 1 is 1.04 bits per heavy atom. The number of sulfonamides is 1. The SMILES string of the molecule is O=C(NNS(=O)(=O)C1CCCCC1)c1cc(-c2cccc(F)c2)cc(Cl)c1F.